The van der Waals surface area contributed by atoms with Crippen LogP contribution >= 0.6 is 0 Å². The maximum Gasteiger partial charge on any atom is 1.00 e. The second kappa shape index (κ2) is 15.7. The first-order valence-corrected chi connectivity index (χ1v) is 2.06. The first kappa shape index (κ1) is 16.0. The Labute approximate surface area is 67.2 Å². The van der Waals surface area contributed by atoms with Gasteiger partial charge in [0.15, 0.2) is 0 Å². The van der Waals surface area contributed by atoms with Crippen molar-refractivity contribution in [3.63, 3.8) is 0 Å². The molecule has 0 aromatic heterocycles. The summed E-state index contributed by atoms with van der Waals surface area (Å²) in [7, 11) is 0. The Hall–Kier alpha value is -0.0126. The van der Waals surface area contributed by atoms with Crippen molar-refractivity contribution in [1.29, 1.82) is 0 Å². The van der Waals surface area contributed by atoms with E-state index in [1.807, 2.05) is 0 Å². The first-order chi connectivity index (χ1) is 3.65. The Morgan fingerprint density at radius 2 is 1.56 bits per heavy atom. The minimum Gasteiger partial charge on any atom is -1.00 e. The topological polar surface area (TPSA) is 77.8 Å². The molecule has 0 aliphatic heterocycles. The number of aliphatic hydroxyl groups is 2. The van der Waals surface area contributed by atoms with Crippen molar-refractivity contribution in [1.82, 2.24) is 0 Å². The van der Waals surface area contributed by atoms with Crippen molar-refractivity contribution < 1.29 is 40.4 Å². The molecular formula is C4H11LiO4. The Kier molecular flexibility index (Phi) is 27.9. The minimum atomic E-state index is -0.833. The number of aliphatic hydroxyl groups excluding tert-OH is 2. The molecule has 52 valence electrons. The Bertz CT molecular complexity index is 55.2. The molecule has 0 bridgehead atoms. The fourth-order valence-electron chi connectivity index (χ4n) is 0. The van der Waals surface area contributed by atoms with E-state index in [1.54, 1.807) is 0 Å². The van der Waals surface area contributed by atoms with Crippen LogP contribution < -0.4 is 18.9 Å². The normalized spacial score (nSPS) is 6.11. The molecule has 0 saturated carbocycles. The van der Waals surface area contributed by atoms with Gasteiger partial charge in [0, 0.05) is 6.92 Å². The summed E-state index contributed by atoms with van der Waals surface area (Å²) in [5.41, 5.74) is 0. The number of hydrogen-bond acceptors (Lipinski definition) is 3. The molecule has 0 spiro atoms. The fourth-order valence-corrected chi connectivity index (χ4v) is 0. The molecule has 0 aromatic rings. The van der Waals surface area contributed by atoms with E-state index in [9.17, 15) is 0 Å². The van der Waals surface area contributed by atoms with Crippen molar-refractivity contribution in [2.45, 2.75) is 6.92 Å². The molecule has 0 saturated heterocycles. The van der Waals surface area contributed by atoms with Crippen LogP contribution in [-0.2, 0) is 4.79 Å². The number of rotatable bonds is 1. The van der Waals surface area contributed by atoms with Crippen LogP contribution in [0, 0.1) is 0 Å². The van der Waals surface area contributed by atoms with Gasteiger partial charge in [0.05, 0.1) is 13.2 Å². The average Bonchev–Trinajstić information content (AvgIpc) is 1.65. The van der Waals surface area contributed by atoms with E-state index in [0.717, 1.165) is 6.92 Å². The quantitative estimate of drug-likeness (QED) is 0.318. The largest absolute Gasteiger partial charge is 1.00 e. The molecule has 0 radical (unpaired) electrons. The summed E-state index contributed by atoms with van der Waals surface area (Å²) in [6.07, 6.45) is 0. The van der Waals surface area contributed by atoms with Crippen LogP contribution in [-0.4, -0.2) is 34.5 Å². The fraction of sp³-hybridized carbons (Fsp3) is 0.750. The molecular weight excluding hydrogens is 119 g/mol. The van der Waals surface area contributed by atoms with Gasteiger partial charge < -0.3 is 16.7 Å². The van der Waals surface area contributed by atoms with Crippen LogP contribution in [0.3, 0.4) is 0 Å². The molecule has 0 rings (SSSR count). The smallest absolute Gasteiger partial charge is 1.00 e. The first-order valence-electron chi connectivity index (χ1n) is 2.06. The molecule has 0 aromatic carbocycles. The maximum atomic E-state index is 9.00. The molecule has 0 aliphatic rings. The molecule has 0 amide bonds. The third-order valence-corrected chi connectivity index (χ3v) is 0.1000. The SMILES string of the molecule is CC(=O)O.OCCO.[H-].[Li+]. The predicted molar refractivity (Wildman–Crippen MR) is 28.6 cm³/mol. The number of hydrogen-bond donors (Lipinski definition) is 3. The summed E-state index contributed by atoms with van der Waals surface area (Å²) in [5, 5.41) is 22.7. The van der Waals surface area contributed by atoms with Gasteiger partial charge in [-0.15, -0.1) is 0 Å². The van der Waals surface area contributed by atoms with E-state index < -0.39 is 5.97 Å². The van der Waals surface area contributed by atoms with Crippen molar-refractivity contribution in [3.8, 4) is 0 Å². The van der Waals surface area contributed by atoms with E-state index in [1.165, 1.54) is 0 Å². The predicted octanol–water partition coefficient (Wildman–Crippen LogP) is -3.82. The Morgan fingerprint density at radius 1 is 1.44 bits per heavy atom. The van der Waals surface area contributed by atoms with Crippen LogP contribution in [0.2, 0.25) is 0 Å². The molecule has 9 heavy (non-hydrogen) atoms. The summed E-state index contributed by atoms with van der Waals surface area (Å²) < 4.78 is 0. The van der Waals surface area contributed by atoms with Gasteiger partial charge in [-0.3, -0.25) is 4.79 Å². The minimum absolute atomic E-state index is 0. The number of carboxylic acids is 1. The van der Waals surface area contributed by atoms with Crippen LogP contribution in [0.15, 0.2) is 0 Å². The summed E-state index contributed by atoms with van der Waals surface area (Å²) in [6.45, 7) is 0.833. The van der Waals surface area contributed by atoms with E-state index in [2.05, 4.69) is 0 Å². The Balaban J connectivity index is -0.0000000300. The zero-order chi connectivity index (χ0) is 6.99. The Morgan fingerprint density at radius 3 is 1.56 bits per heavy atom. The second-order valence-corrected chi connectivity index (χ2v) is 0.966. The molecule has 5 heteroatoms. The van der Waals surface area contributed by atoms with Gasteiger partial charge in [-0.25, -0.2) is 0 Å². The van der Waals surface area contributed by atoms with E-state index in [0.29, 0.717) is 0 Å². The van der Waals surface area contributed by atoms with Crippen LogP contribution in [0.5, 0.6) is 0 Å². The molecule has 3 N–H and O–H groups in total. The molecule has 4 nitrogen and oxygen atoms in total. The van der Waals surface area contributed by atoms with Crippen molar-refractivity contribution in [3.05, 3.63) is 0 Å². The van der Waals surface area contributed by atoms with Crippen molar-refractivity contribution >= 4 is 5.97 Å². The van der Waals surface area contributed by atoms with Gasteiger partial charge in [-0.1, -0.05) is 0 Å². The van der Waals surface area contributed by atoms with Gasteiger partial charge in [0.25, 0.3) is 5.97 Å². The second-order valence-electron chi connectivity index (χ2n) is 0.966. The van der Waals surface area contributed by atoms with Crippen LogP contribution in [0.4, 0.5) is 0 Å². The van der Waals surface area contributed by atoms with E-state index >= 15 is 0 Å². The van der Waals surface area contributed by atoms with Gasteiger partial charge in [-0.05, 0) is 0 Å². The third-order valence-electron chi connectivity index (χ3n) is 0.1000. The van der Waals surface area contributed by atoms with E-state index in [4.69, 9.17) is 20.1 Å². The summed E-state index contributed by atoms with van der Waals surface area (Å²) in [4.78, 5) is 9.00. The number of carbonyl (C=O) groups is 1. The van der Waals surface area contributed by atoms with Crippen molar-refractivity contribution in [2.75, 3.05) is 13.2 Å². The molecule has 0 unspecified atom stereocenters. The summed E-state index contributed by atoms with van der Waals surface area (Å²) in [6, 6.07) is 0. The molecule has 0 atom stereocenters. The van der Waals surface area contributed by atoms with Gasteiger partial charge in [0.1, 0.15) is 0 Å². The van der Waals surface area contributed by atoms with Crippen molar-refractivity contribution in [2.24, 2.45) is 0 Å². The van der Waals surface area contributed by atoms with Gasteiger partial charge >= 0.3 is 18.9 Å². The number of aliphatic carboxylic acids is 1. The monoisotopic (exact) mass is 130 g/mol. The maximum absolute atomic E-state index is 9.00. The molecule has 0 heterocycles. The summed E-state index contributed by atoms with van der Waals surface area (Å²) in [5.74, 6) is -0.833. The standard InChI is InChI=1S/C2H4O2.C2H6O2.Li.H/c1-2(3)4;3-1-2-4;;/h1H3,(H,3,4);3-4H,1-2H2;;/q;;+1;-1. The molecule has 0 fully saturated rings. The average molecular weight is 130 g/mol. The zero-order valence-corrected chi connectivity index (χ0v) is 5.66. The third kappa shape index (κ3) is 294. The zero-order valence-electron chi connectivity index (χ0n) is 6.66. The number of carboxylic acid groups (broad SMARTS) is 1. The van der Waals surface area contributed by atoms with Gasteiger partial charge in [-0.2, -0.15) is 0 Å². The van der Waals surface area contributed by atoms with Gasteiger partial charge in [0.2, 0.25) is 0 Å². The van der Waals surface area contributed by atoms with Crippen LogP contribution in [0.25, 0.3) is 0 Å². The van der Waals surface area contributed by atoms with E-state index in [-0.39, 0.29) is 33.5 Å². The molecule has 0 aliphatic carbocycles. The summed E-state index contributed by atoms with van der Waals surface area (Å²) >= 11 is 0. The van der Waals surface area contributed by atoms with Crippen LogP contribution in [0.1, 0.15) is 8.35 Å².